The zero-order chi connectivity index (χ0) is 22.5. The summed E-state index contributed by atoms with van der Waals surface area (Å²) in [6, 6.07) is 10.9. The van der Waals surface area contributed by atoms with Crippen molar-refractivity contribution in [1.29, 1.82) is 0 Å². The van der Waals surface area contributed by atoms with Crippen molar-refractivity contribution in [3.63, 3.8) is 0 Å². The van der Waals surface area contributed by atoms with Gasteiger partial charge in [0.25, 0.3) is 5.91 Å². The summed E-state index contributed by atoms with van der Waals surface area (Å²) in [5, 5.41) is 32.8. The fourth-order valence-electron chi connectivity index (χ4n) is 4.12. The molecule has 5 N–H and O–H groups in total. The molecule has 0 spiro atoms. The maximum absolute atomic E-state index is 14.6. The first kappa shape index (κ1) is 22.1. The number of aliphatic hydroxyl groups excluding tert-OH is 2. The fourth-order valence-corrected chi connectivity index (χ4v) is 4.12. The second-order valence-corrected chi connectivity index (χ2v) is 8.11. The van der Waals surface area contributed by atoms with E-state index < -0.39 is 24.0 Å². The van der Waals surface area contributed by atoms with Crippen molar-refractivity contribution in [3.8, 4) is 11.1 Å². The Bertz CT molecular complexity index is 1050. The minimum absolute atomic E-state index is 0.116. The van der Waals surface area contributed by atoms with Crippen molar-refractivity contribution in [3.05, 3.63) is 77.4 Å². The smallest absolute Gasteiger partial charge is 0.254 e. The van der Waals surface area contributed by atoms with Gasteiger partial charge in [-0.2, -0.15) is 5.10 Å². The third-order valence-corrected chi connectivity index (χ3v) is 5.91. The van der Waals surface area contributed by atoms with Crippen LogP contribution in [0.4, 0.5) is 4.39 Å². The highest BCUT2D eigenvalue weighted by Crippen LogP contribution is 2.24. The first-order valence-corrected chi connectivity index (χ1v) is 10.8. The van der Waals surface area contributed by atoms with Gasteiger partial charge in [0.2, 0.25) is 0 Å². The van der Waals surface area contributed by atoms with Crippen molar-refractivity contribution < 1.29 is 19.4 Å². The van der Waals surface area contributed by atoms with E-state index in [2.05, 4.69) is 20.8 Å². The number of halogens is 1. The summed E-state index contributed by atoms with van der Waals surface area (Å²) in [5.74, 6) is -1.29. The number of nitrogens with one attached hydrogen (secondary N) is 3. The molecule has 2 atom stereocenters. The van der Waals surface area contributed by atoms with E-state index in [1.165, 1.54) is 12.1 Å². The molecular weight excluding hydrogens is 411 g/mol. The van der Waals surface area contributed by atoms with Gasteiger partial charge in [0.1, 0.15) is 12.0 Å². The summed E-state index contributed by atoms with van der Waals surface area (Å²) in [6.45, 7) is -0.365. The van der Waals surface area contributed by atoms with E-state index in [4.69, 9.17) is 0 Å². The van der Waals surface area contributed by atoms with E-state index in [9.17, 15) is 19.4 Å². The largest absolute Gasteiger partial charge is 0.394 e. The minimum Gasteiger partial charge on any atom is -0.394 e. The van der Waals surface area contributed by atoms with E-state index >= 15 is 0 Å². The summed E-state index contributed by atoms with van der Waals surface area (Å²) >= 11 is 0. The molecule has 3 aromatic rings. The maximum atomic E-state index is 14.6. The summed E-state index contributed by atoms with van der Waals surface area (Å²) < 4.78 is 14.6. The SMILES string of the molecule is O=C(N[C@H](CO)c1cccc(C(O)NC2CCCC2)c1)c1ccc(-c2cn[nH]c2)cc1F. The Kier molecular flexibility index (Phi) is 6.94. The van der Waals surface area contributed by atoms with Crippen molar-refractivity contribution in [2.45, 2.75) is 44.0 Å². The maximum Gasteiger partial charge on any atom is 0.254 e. The number of benzene rings is 2. The highest BCUT2D eigenvalue weighted by Gasteiger charge is 2.21. The van der Waals surface area contributed by atoms with Gasteiger partial charge in [-0.1, -0.05) is 37.1 Å². The molecule has 168 valence electrons. The molecule has 7 nitrogen and oxygen atoms in total. The van der Waals surface area contributed by atoms with Gasteiger partial charge in [0, 0.05) is 17.8 Å². The third kappa shape index (κ3) is 5.04. The van der Waals surface area contributed by atoms with Crippen molar-refractivity contribution >= 4 is 5.91 Å². The summed E-state index contributed by atoms with van der Waals surface area (Å²) in [4.78, 5) is 12.7. The molecule has 0 aliphatic heterocycles. The first-order chi connectivity index (χ1) is 15.5. The van der Waals surface area contributed by atoms with Crippen LogP contribution in [0.25, 0.3) is 11.1 Å². The predicted molar refractivity (Wildman–Crippen MR) is 118 cm³/mol. The molecule has 32 heavy (non-hydrogen) atoms. The van der Waals surface area contributed by atoms with Crippen LogP contribution >= 0.6 is 0 Å². The monoisotopic (exact) mass is 438 g/mol. The van der Waals surface area contributed by atoms with Crippen LogP contribution in [0.5, 0.6) is 0 Å². The lowest BCUT2D eigenvalue weighted by Crippen LogP contribution is -2.32. The van der Waals surface area contributed by atoms with E-state index in [0.29, 0.717) is 22.3 Å². The quantitative estimate of drug-likeness (QED) is 0.347. The molecule has 1 unspecified atom stereocenters. The van der Waals surface area contributed by atoms with Crippen LogP contribution in [0.2, 0.25) is 0 Å². The summed E-state index contributed by atoms with van der Waals surface area (Å²) in [6.07, 6.45) is 6.76. The number of rotatable bonds is 8. The first-order valence-electron chi connectivity index (χ1n) is 10.8. The number of aliphatic hydroxyl groups is 2. The molecule has 1 aliphatic carbocycles. The molecule has 1 fully saturated rings. The Morgan fingerprint density at radius 1 is 1.16 bits per heavy atom. The van der Waals surface area contributed by atoms with Crippen LogP contribution in [-0.4, -0.2) is 39.0 Å². The van der Waals surface area contributed by atoms with Crippen LogP contribution in [0.1, 0.15) is 59.4 Å². The van der Waals surface area contributed by atoms with E-state index in [1.807, 2.05) is 0 Å². The zero-order valence-electron chi connectivity index (χ0n) is 17.6. The molecule has 0 saturated heterocycles. The number of hydrogen-bond donors (Lipinski definition) is 5. The number of carbonyl (C=O) groups is 1. The molecule has 1 aromatic heterocycles. The summed E-state index contributed by atoms with van der Waals surface area (Å²) in [7, 11) is 0. The number of nitrogens with zero attached hydrogens (tertiary/aromatic N) is 1. The third-order valence-electron chi connectivity index (χ3n) is 5.91. The fraction of sp³-hybridized carbons (Fsp3) is 0.333. The van der Waals surface area contributed by atoms with Gasteiger partial charge in [-0.25, -0.2) is 4.39 Å². The standard InChI is InChI=1S/C24H27FN4O3/c25-21-11-15(18-12-26-27-13-18)8-9-20(21)24(32)29-22(14-30)16-4-3-5-17(10-16)23(31)28-19-6-1-2-7-19/h3-5,8-13,19,22-23,28,30-31H,1-2,6-7,14H2,(H,26,27)(H,29,32)/t22-,23?/m1/s1. The second kappa shape index (κ2) is 10.0. The van der Waals surface area contributed by atoms with E-state index in [-0.39, 0.29) is 18.2 Å². The Morgan fingerprint density at radius 3 is 2.62 bits per heavy atom. The second-order valence-electron chi connectivity index (χ2n) is 8.11. The highest BCUT2D eigenvalue weighted by molar-refractivity contribution is 5.95. The Morgan fingerprint density at radius 2 is 1.94 bits per heavy atom. The van der Waals surface area contributed by atoms with Crippen LogP contribution in [0.3, 0.4) is 0 Å². The van der Waals surface area contributed by atoms with Crippen molar-refractivity contribution in [2.75, 3.05) is 6.61 Å². The predicted octanol–water partition coefficient (Wildman–Crippen LogP) is 3.20. The van der Waals surface area contributed by atoms with E-state index in [0.717, 1.165) is 25.7 Å². The molecule has 0 bridgehead atoms. The van der Waals surface area contributed by atoms with E-state index in [1.54, 1.807) is 42.7 Å². The van der Waals surface area contributed by atoms with Crippen LogP contribution in [0, 0.1) is 5.82 Å². The molecule has 0 radical (unpaired) electrons. The van der Waals surface area contributed by atoms with Crippen LogP contribution < -0.4 is 10.6 Å². The van der Waals surface area contributed by atoms with Gasteiger partial charge in [0.15, 0.2) is 0 Å². The average Bonchev–Trinajstić information content (AvgIpc) is 3.52. The Balaban J connectivity index is 1.46. The van der Waals surface area contributed by atoms with Crippen molar-refractivity contribution in [2.24, 2.45) is 0 Å². The van der Waals surface area contributed by atoms with Crippen molar-refractivity contribution in [1.82, 2.24) is 20.8 Å². The molecule has 1 heterocycles. The van der Waals surface area contributed by atoms with Crippen LogP contribution in [0.15, 0.2) is 54.9 Å². The Hall–Kier alpha value is -3.07. The lowest BCUT2D eigenvalue weighted by molar-refractivity contribution is 0.0912. The van der Waals surface area contributed by atoms with Gasteiger partial charge in [-0.15, -0.1) is 0 Å². The summed E-state index contributed by atoms with van der Waals surface area (Å²) in [5.41, 5.74) is 2.47. The topological polar surface area (TPSA) is 110 Å². The Labute approximate surface area is 185 Å². The number of aromatic nitrogens is 2. The normalized spacial score (nSPS) is 16.1. The van der Waals surface area contributed by atoms with Gasteiger partial charge < -0.3 is 15.5 Å². The molecule has 4 rings (SSSR count). The lowest BCUT2D eigenvalue weighted by atomic mass is 10.0. The highest BCUT2D eigenvalue weighted by atomic mass is 19.1. The average molecular weight is 439 g/mol. The molecule has 1 amide bonds. The number of amides is 1. The number of hydrogen-bond acceptors (Lipinski definition) is 5. The van der Waals surface area contributed by atoms with Crippen LogP contribution in [-0.2, 0) is 0 Å². The molecule has 8 heteroatoms. The molecule has 1 aliphatic rings. The number of aromatic amines is 1. The molecule has 2 aromatic carbocycles. The number of carbonyl (C=O) groups excluding carboxylic acids is 1. The van der Waals surface area contributed by atoms with Gasteiger partial charge in [-0.3, -0.25) is 15.2 Å². The zero-order valence-corrected chi connectivity index (χ0v) is 17.6. The lowest BCUT2D eigenvalue weighted by Gasteiger charge is -2.21. The van der Waals surface area contributed by atoms with Gasteiger partial charge >= 0.3 is 0 Å². The number of H-pyrrole nitrogens is 1. The van der Waals surface area contributed by atoms with Gasteiger partial charge in [-0.05, 0) is 47.7 Å². The minimum atomic E-state index is -0.832. The molecular formula is C24H27FN4O3. The molecule has 1 saturated carbocycles. The van der Waals surface area contributed by atoms with Gasteiger partial charge in [0.05, 0.1) is 24.4 Å².